The molecule has 4 aromatic carbocycles. The summed E-state index contributed by atoms with van der Waals surface area (Å²) < 4.78 is 0. The molecular weight excluding hydrogens is 999 g/mol. The molecule has 6 aromatic rings. The van der Waals surface area contributed by atoms with Crippen LogP contribution >= 0.6 is 0 Å². The van der Waals surface area contributed by atoms with Crippen LogP contribution < -0.4 is 48.7 Å². The third-order valence-corrected chi connectivity index (χ3v) is 13.2. The van der Waals surface area contributed by atoms with Gasteiger partial charge in [0.1, 0.15) is 42.5 Å². The van der Waals surface area contributed by atoms with Gasteiger partial charge >= 0.3 is 5.97 Å². The molecule has 414 valence electrons. The summed E-state index contributed by atoms with van der Waals surface area (Å²) in [5.41, 5.74) is 15.8. The fraction of sp³-hybridized carbons (Fsp3) is 0.368. The second-order valence-electron chi connectivity index (χ2n) is 19.2. The Bertz CT molecular complexity index is 2960. The first kappa shape index (κ1) is 59.0. The van der Waals surface area contributed by atoms with Gasteiger partial charge in [0.2, 0.25) is 35.4 Å². The van der Waals surface area contributed by atoms with E-state index in [1.54, 1.807) is 42.7 Å². The number of benzene rings is 4. The first-order valence-electron chi connectivity index (χ1n) is 26.2. The number of hydrogen-bond acceptors (Lipinski definition) is 12. The van der Waals surface area contributed by atoms with E-state index >= 15 is 4.79 Å². The van der Waals surface area contributed by atoms with E-state index in [2.05, 4.69) is 47.2 Å². The number of carboxylic acid groups (broad SMARTS) is 1. The molecule has 6 amide bonds. The lowest BCUT2D eigenvalue weighted by molar-refractivity contribution is -0.139. The van der Waals surface area contributed by atoms with E-state index in [-0.39, 0.29) is 57.4 Å². The van der Waals surface area contributed by atoms with E-state index in [1.807, 2.05) is 78.9 Å². The number of carbonyl (C=O) groups is 8. The second kappa shape index (κ2) is 29.9. The molecule has 21 nitrogen and oxygen atoms in total. The van der Waals surface area contributed by atoms with Crippen molar-refractivity contribution in [2.45, 2.75) is 107 Å². The summed E-state index contributed by atoms with van der Waals surface area (Å²) in [7, 11) is 0. The maximum Gasteiger partial charge on any atom is 0.322 e. The fourth-order valence-electron chi connectivity index (χ4n) is 9.04. The van der Waals surface area contributed by atoms with E-state index in [9.17, 15) is 43.8 Å². The Kier molecular flexibility index (Phi) is 22.6. The van der Waals surface area contributed by atoms with Crippen LogP contribution in [0.3, 0.4) is 0 Å². The Labute approximate surface area is 451 Å². The smallest absolute Gasteiger partial charge is 0.322 e. The number of amides is 6. The summed E-state index contributed by atoms with van der Waals surface area (Å²) in [6.45, 7) is 0.980. The molecule has 0 saturated carbocycles. The number of ketones is 1. The lowest BCUT2D eigenvalue weighted by atomic mass is 10.00. The molecule has 6 rings (SSSR count). The Morgan fingerprint density at radius 2 is 0.949 bits per heavy atom. The standard InChI is InChI=1S/C57H71N11O10/c1-35(69)51(57(78)67-47(52(73)63-34-50(71)72)28-37-17-6-3-7-18-37)68-53(74)45(24-12-13-25-58)64-55(76)48(29-38-31-60-43-22-10-8-20-41(38)43)66-56(77)49(30-39-32-61-44-23-11-9-21-42(39)44)65-54(75)46(27-36-15-4-2-5-16-36)62-33-40(70)19-14-26-59/h2-11,15-18,20-23,31-32,35,45-49,51,60-62,69H,12-14,19,24-30,33-34,58-59H2,1H3,(H,63,73)(H,64,76)(H,65,75)(H,66,77)(H,67,78)(H,68,74)(H,71,72)/t35-,45+,46+,47+,48-,49+,51+/m1/s1. The van der Waals surface area contributed by atoms with E-state index in [0.717, 1.165) is 27.4 Å². The zero-order valence-electron chi connectivity index (χ0n) is 43.6. The highest BCUT2D eigenvalue weighted by atomic mass is 16.4. The van der Waals surface area contributed by atoms with Crippen LogP contribution in [0.1, 0.15) is 61.3 Å². The number of carbonyl (C=O) groups excluding carboxylic acids is 7. The zero-order chi connectivity index (χ0) is 56.0. The van der Waals surface area contributed by atoms with Crippen molar-refractivity contribution in [2.75, 3.05) is 26.2 Å². The molecule has 0 unspecified atom stereocenters. The Morgan fingerprint density at radius 1 is 0.500 bits per heavy atom. The van der Waals surface area contributed by atoms with Crippen molar-refractivity contribution in [3.05, 3.63) is 144 Å². The number of aromatic nitrogens is 2. The summed E-state index contributed by atoms with van der Waals surface area (Å²) in [6, 6.07) is 24.6. The van der Waals surface area contributed by atoms with Crippen LogP contribution in [-0.2, 0) is 64.0 Å². The minimum atomic E-state index is -1.67. The molecule has 78 heavy (non-hydrogen) atoms. The van der Waals surface area contributed by atoms with Gasteiger partial charge in [-0.3, -0.25) is 43.7 Å². The van der Waals surface area contributed by atoms with Crippen LogP contribution in [0.4, 0.5) is 0 Å². The molecule has 2 heterocycles. The van der Waals surface area contributed by atoms with Gasteiger partial charge in [0.15, 0.2) is 0 Å². The van der Waals surface area contributed by atoms with Crippen molar-refractivity contribution in [3.63, 3.8) is 0 Å². The minimum Gasteiger partial charge on any atom is -0.480 e. The van der Waals surface area contributed by atoms with E-state index in [0.29, 0.717) is 42.5 Å². The number of Topliss-reactive ketones (excluding diaryl/α,β-unsaturated/α-hetero) is 1. The van der Waals surface area contributed by atoms with Crippen molar-refractivity contribution in [2.24, 2.45) is 11.5 Å². The molecule has 0 aliphatic rings. The number of nitrogens with one attached hydrogen (secondary N) is 9. The monoisotopic (exact) mass is 1070 g/mol. The molecule has 0 saturated heterocycles. The molecule has 0 bridgehead atoms. The normalized spacial score (nSPS) is 13.9. The first-order chi connectivity index (χ1) is 37.6. The van der Waals surface area contributed by atoms with Crippen molar-refractivity contribution in [1.82, 2.24) is 47.2 Å². The van der Waals surface area contributed by atoms with Crippen LogP contribution in [0.5, 0.6) is 0 Å². The summed E-state index contributed by atoms with van der Waals surface area (Å²) in [5, 5.41) is 40.8. The van der Waals surface area contributed by atoms with Crippen molar-refractivity contribution in [3.8, 4) is 0 Å². The SMILES string of the molecule is C[C@@H](O)[C@H](NC(=O)[C@H](CCCCN)NC(=O)[C@@H](Cc1c[nH]c2ccccc12)NC(=O)[C@H](Cc1c[nH]c2ccccc12)NC(=O)[C@H](Cc1ccccc1)NCC(=O)CCCN)C(=O)N[C@@H](Cc1ccccc1)C(=O)NCC(=O)O. The molecule has 7 atom stereocenters. The third-order valence-electron chi connectivity index (χ3n) is 13.2. The van der Waals surface area contributed by atoms with Crippen LogP contribution in [-0.4, -0.2) is 136 Å². The molecule has 0 radical (unpaired) electrons. The van der Waals surface area contributed by atoms with Gasteiger partial charge in [-0.2, -0.15) is 0 Å². The van der Waals surface area contributed by atoms with Crippen molar-refractivity contribution >= 4 is 69.0 Å². The lowest BCUT2D eigenvalue weighted by Gasteiger charge is -2.28. The number of aliphatic hydroxyl groups is 1. The number of para-hydroxylation sites is 2. The maximum absolute atomic E-state index is 15.0. The van der Waals surface area contributed by atoms with E-state index in [1.165, 1.54) is 6.92 Å². The van der Waals surface area contributed by atoms with Gasteiger partial charge in [0.05, 0.1) is 18.7 Å². The molecule has 0 fully saturated rings. The number of hydrogen-bond donors (Lipinski definition) is 13. The predicted molar refractivity (Wildman–Crippen MR) is 294 cm³/mol. The third kappa shape index (κ3) is 17.7. The number of aromatic amines is 2. The average molecular weight is 1070 g/mol. The molecule has 2 aromatic heterocycles. The second-order valence-corrected chi connectivity index (χ2v) is 19.2. The Balaban J connectivity index is 1.29. The average Bonchev–Trinajstić information content (AvgIpc) is 4.06. The maximum atomic E-state index is 15.0. The number of aliphatic carboxylic acids is 1. The summed E-state index contributed by atoms with van der Waals surface area (Å²) in [5.74, 6) is -6.24. The molecule has 15 N–H and O–H groups in total. The summed E-state index contributed by atoms with van der Waals surface area (Å²) in [6.07, 6.45) is 3.38. The van der Waals surface area contributed by atoms with Crippen LogP contribution in [0.2, 0.25) is 0 Å². The summed E-state index contributed by atoms with van der Waals surface area (Å²) >= 11 is 0. The van der Waals surface area contributed by atoms with Gasteiger partial charge in [-0.05, 0) is 86.5 Å². The number of H-pyrrole nitrogens is 2. The van der Waals surface area contributed by atoms with Gasteiger partial charge in [-0.15, -0.1) is 0 Å². The lowest BCUT2D eigenvalue weighted by Crippen LogP contribution is -2.61. The highest BCUT2D eigenvalue weighted by Crippen LogP contribution is 2.22. The van der Waals surface area contributed by atoms with E-state index < -0.39 is 90.3 Å². The summed E-state index contributed by atoms with van der Waals surface area (Å²) in [4.78, 5) is 117. The van der Waals surface area contributed by atoms with Gasteiger partial charge in [-0.1, -0.05) is 97.1 Å². The van der Waals surface area contributed by atoms with Crippen LogP contribution in [0.25, 0.3) is 21.8 Å². The Morgan fingerprint density at radius 3 is 1.46 bits per heavy atom. The van der Waals surface area contributed by atoms with Crippen molar-refractivity contribution < 1.29 is 48.6 Å². The van der Waals surface area contributed by atoms with Crippen LogP contribution in [0.15, 0.2) is 122 Å². The molecule has 0 aliphatic heterocycles. The van der Waals surface area contributed by atoms with Gasteiger partial charge in [0, 0.05) is 59.9 Å². The van der Waals surface area contributed by atoms with Gasteiger partial charge in [0.25, 0.3) is 0 Å². The first-order valence-corrected chi connectivity index (χ1v) is 26.2. The van der Waals surface area contributed by atoms with E-state index in [4.69, 9.17) is 11.5 Å². The van der Waals surface area contributed by atoms with Gasteiger partial charge in [-0.25, -0.2) is 0 Å². The Hall–Kier alpha value is -8.24. The minimum absolute atomic E-state index is 0.00861. The highest BCUT2D eigenvalue weighted by molar-refractivity contribution is 5.98. The number of unbranched alkanes of at least 4 members (excludes halogenated alkanes) is 1. The molecular formula is C57H71N11O10. The number of fused-ring (bicyclic) bond motifs is 2. The van der Waals surface area contributed by atoms with Gasteiger partial charge < -0.3 is 63.5 Å². The highest BCUT2D eigenvalue weighted by Gasteiger charge is 2.35. The number of carboxylic acids is 1. The molecule has 21 heteroatoms. The fourth-order valence-corrected chi connectivity index (χ4v) is 9.04. The number of rotatable bonds is 32. The van der Waals surface area contributed by atoms with Crippen molar-refractivity contribution in [1.29, 1.82) is 0 Å². The topological polar surface area (TPSA) is 345 Å². The molecule has 0 aliphatic carbocycles. The number of aliphatic hydroxyl groups excluding tert-OH is 1. The number of nitrogens with two attached hydrogens (primary N) is 2. The van der Waals surface area contributed by atoms with Crippen LogP contribution in [0, 0.1) is 0 Å². The quantitative estimate of drug-likeness (QED) is 0.0266. The molecule has 0 spiro atoms. The largest absolute Gasteiger partial charge is 0.480 e. The predicted octanol–water partition coefficient (Wildman–Crippen LogP) is 1.32. The zero-order valence-corrected chi connectivity index (χ0v) is 43.6.